The van der Waals surface area contributed by atoms with E-state index in [1.165, 1.54) is 25.3 Å². The number of hydrogen-bond acceptors (Lipinski definition) is 6. The predicted molar refractivity (Wildman–Crippen MR) is 89.6 cm³/mol. The van der Waals surface area contributed by atoms with Gasteiger partial charge in [0.1, 0.15) is 24.3 Å². The van der Waals surface area contributed by atoms with E-state index < -0.39 is 4.92 Å². The van der Waals surface area contributed by atoms with Crippen molar-refractivity contribution >= 4 is 11.8 Å². The van der Waals surface area contributed by atoms with Crippen molar-refractivity contribution in [2.75, 3.05) is 7.11 Å². The molecule has 7 heteroatoms. The number of hydrogen-bond donors (Lipinski definition) is 0. The third kappa shape index (κ3) is 4.57. The molecule has 2 aromatic rings. The molecule has 0 aliphatic heterocycles. The van der Waals surface area contributed by atoms with Crippen LogP contribution in [-0.2, 0) is 6.61 Å². The second-order valence-corrected chi connectivity index (χ2v) is 4.90. The molecule has 25 heavy (non-hydrogen) atoms. The largest absolute Gasteiger partial charge is 0.493 e. The van der Waals surface area contributed by atoms with Crippen molar-refractivity contribution in [3.8, 4) is 23.6 Å². The van der Waals surface area contributed by atoms with Crippen LogP contribution in [0.1, 0.15) is 11.1 Å². The van der Waals surface area contributed by atoms with E-state index in [0.29, 0.717) is 17.1 Å². The number of non-ortho nitro benzene ring substituents is 1. The zero-order valence-corrected chi connectivity index (χ0v) is 13.3. The Morgan fingerprint density at radius 1 is 1.16 bits per heavy atom. The average Bonchev–Trinajstić information content (AvgIpc) is 2.64. The molecule has 0 aliphatic rings. The van der Waals surface area contributed by atoms with Crippen molar-refractivity contribution in [3.05, 3.63) is 69.3 Å². The lowest BCUT2D eigenvalue weighted by molar-refractivity contribution is -0.384. The first kappa shape index (κ1) is 17.5. The van der Waals surface area contributed by atoms with Gasteiger partial charge in [0.05, 0.1) is 12.0 Å². The van der Waals surface area contributed by atoms with Gasteiger partial charge in [-0.3, -0.25) is 10.1 Å². The number of methoxy groups -OCH3 is 1. The van der Waals surface area contributed by atoms with E-state index in [1.807, 2.05) is 0 Å². The third-order valence-electron chi connectivity index (χ3n) is 3.28. The van der Waals surface area contributed by atoms with Crippen molar-refractivity contribution in [2.24, 2.45) is 0 Å². The van der Waals surface area contributed by atoms with Crippen LogP contribution in [0.5, 0.6) is 11.5 Å². The van der Waals surface area contributed by atoms with Crippen LogP contribution in [0.15, 0.2) is 48.0 Å². The number of rotatable bonds is 6. The van der Waals surface area contributed by atoms with Gasteiger partial charge in [-0.25, -0.2) is 0 Å². The van der Waals surface area contributed by atoms with E-state index in [9.17, 15) is 10.1 Å². The van der Waals surface area contributed by atoms with Gasteiger partial charge in [0.15, 0.2) is 11.5 Å². The lowest BCUT2D eigenvalue weighted by Gasteiger charge is -2.11. The molecular formula is C18H13N3O4. The Morgan fingerprint density at radius 3 is 2.40 bits per heavy atom. The van der Waals surface area contributed by atoms with Crippen molar-refractivity contribution in [2.45, 2.75) is 6.61 Å². The maximum Gasteiger partial charge on any atom is 0.269 e. The summed E-state index contributed by atoms with van der Waals surface area (Å²) >= 11 is 0. The summed E-state index contributed by atoms with van der Waals surface area (Å²) in [6.07, 6.45) is 1.44. The molecule has 0 bridgehead atoms. The molecule has 7 nitrogen and oxygen atoms in total. The number of nitriles is 2. The number of benzene rings is 2. The van der Waals surface area contributed by atoms with Gasteiger partial charge < -0.3 is 9.47 Å². The van der Waals surface area contributed by atoms with Crippen LogP contribution in [0.25, 0.3) is 6.08 Å². The first-order chi connectivity index (χ1) is 12.1. The van der Waals surface area contributed by atoms with Crippen LogP contribution >= 0.6 is 0 Å². The summed E-state index contributed by atoms with van der Waals surface area (Å²) in [5, 5.41) is 28.3. The van der Waals surface area contributed by atoms with Gasteiger partial charge in [-0.15, -0.1) is 0 Å². The summed E-state index contributed by atoms with van der Waals surface area (Å²) in [6.45, 7) is 0.185. The molecule has 124 valence electrons. The van der Waals surface area contributed by atoms with Crippen LogP contribution in [0.4, 0.5) is 5.69 Å². The third-order valence-corrected chi connectivity index (χ3v) is 3.28. The second-order valence-electron chi connectivity index (χ2n) is 4.90. The summed E-state index contributed by atoms with van der Waals surface area (Å²) in [6, 6.07) is 14.6. The van der Waals surface area contributed by atoms with Crippen LogP contribution in [0, 0.1) is 32.8 Å². The number of nitrogens with zero attached hydrogens (tertiary/aromatic N) is 3. The lowest BCUT2D eigenvalue weighted by Crippen LogP contribution is -1.98. The molecule has 0 atom stereocenters. The molecule has 2 rings (SSSR count). The summed E-state index contributed by atoms with van der Waals surface area (Å²) < 4.78 is 10.9. The van der Waals surface area contributed by atoms with E-state index in [-0.39, 0.29) is 17.9 Å². The molecule has 0 aromatic heterocycles. The normalized spacial score (nSPS) is 9.40. The monoisotopic (exact) mass is 335 g/mol. The second kappa shape index (κ2) is 8.14. The summed E-state index contributed by atoms with van der Waals surface area (Å²) in [7, 11) is 1.50. The molecule has 0 aliphatic carbocycles. The summed E-state index contributed by atoms with van der Waals surface area (Å²) in [5.41, 5.74) is 1.36. The zero-order valence-electron chi connectivity index (χ0n) is 13.3. The van der Waals surface area contributed by atoms with Crippen molar-refractivity contribution in [1.82, 2.24) is 0 Å². The molecule has 0 saturated heterocycles. The average molecular weight is 335 g/mol. The minimum absolute atomic E-state index is 0.00833. The highest BCUT2D eigenvalue weighted by atomic mass is 16.6. The standard InChI is InChI=1S/C18H13N3O4/c1-24-17-7-4-14(8-15(10-19)11-20)9-18(17)25-12-13-2-5-16(6-3-13)21(22)23/h2-9H,12H2,1H3. The smallest absolute Gasteiger partial charge is 0.269 e. The number of nitro benzene ring substituents is 1. The van der Waals surface area contributed by atoms with Gasteiger partial charge in [0.25, 0.3) is 5.69 Å². The Morgan fingerprint density at radius 2 is 1.84 bits per heavy atom. The molecule has 0 N–H and O–H groups in total. The first-order valence-electron chi connectivity index (χ1n) is 7.13. The quantitative estimate of drug-likeness (QED) is 0.453. The van der Waals surface area contributed by atoms with Gasteiger partial charge in [0, 0.05) is 12.1 Å². The Bertz CT molecular complexity index is 874. The maximum absolute atomic E-state index is 10.7. The molecule has 0 heterocycles. The molecule has 0 saturated carbocycles. The van der Waals surface area contributed by atoms with Gasteiger partial charge in [0.2, 0.25) is 0 Å². The van der Waals surface area contributed by atoms with Crippen LogP contribution in [0.3, 0.4) is 0 Å². The van der Waals surface area contributed by atoms with Gasteiger partial charge >= 0.3 is 0 Å². The fraction of sp³-hybridized carbons (Fsp3) is 0.111. The lowest BCUT2D eigenvalue weighted by atomic mass is 10.1. The molecule has 2 aromatic carbocycles. The number of nitro groups is 1. The molecule has 0 amide bonds. The topological polar surface area (TPSA) is 109 Å². The molecule has 0 unspecified atom stereocenters. The Hall–Kier alpha value is -3.84. The SMILES string of the molecule is COc1ccc(C=C(C#N)C#N)cc1OCc1ccc([N+](=O)[O-])cc1. The van der Waals surface area contributed by atoms with Gasteiger partial charge in [-0.05, 0) is 41.5 Å². The highest BCUT2D eigenvalue weighted by molar-refractivity contribution is 5.64. The van der Waals surface area contributed by atoms with Crippen molar-refractivity contribution < 1.29 is 14.4 Å². The summed E-state index contributed by atoms with van der Waals surface area (Å²) in [4.78, 5) is 10.2. The van der Waals surface area contributed by atoms with E-state index in [4.69, 9.17) is 20.0 Å². The molecular weight excluding hydrogens is 322 g/mol. The Kier molecular flexibility index (Phi) is 5.70. The van der Waals surface area contributed by atoms with Crippen LogP contribution in [0.2, 0.25) is 0 Å². The van der Waals surface area contributed by atoms with E-state index >= 15 is 0 Å². The fourth-order valence-corrected chi connectivity index (χ4v) is 2.03. The van der Waals surface area contributed by atoms with Crippen LogP contribution in [-0.4, -0.2) is 12.0 Å². The van der Waals surface area contributed by atoms with Crippen molar-refractivity contribution in [1.29, 1.82) is 10.5 Å². The van der Waals surface area contributed by atoms with Crippen LogP contribution < -0.4 is 9.47 Å². The first-order valence-corrected chi connectivity index (χ1v) is 7.13. The van der Waals surface area contributed by atoms with Crippen molar-refractivity contribution in [3.63, 3.8) is 0 Å². The predicted octanol–water partition coefficient (Wildman–Crippen LogP) is 3.61. The van der Waals surface area contributed by atoms with E-state index in [0.717, 1.165) is 5.56 Å². The molecule has 0 fully saturated rings. The Labute approximate surface area is 144 Å². The van der Waals surface area contributed by atoms with Gasteiger partial charge in [-0.2, -0.15) is 10.5 Å². The Balaban J connectivity index is 2.20. The minimum Gasteiger partial charge on any atom is -0.493 e. The number of allylic oxidation sites excluding steroid dienone is 1. The van der Waals surface area contributed by atoms with Gasteiger partial charge in [-0.1, -0.05) is 6.07 Å². The minimum atomic E-state index is -0.467. The highest BCUT2D eigenvalue weighted by Gasteiger charge is 2.08. The maximum atomic E-state index is 10.7. The highest BCUT2D eigenvalue weighted by Crippen LogP contribution is 2.29. The zero-order chi connectivity index (χ0) is 18.2. The van der Waals surface area contributed by atoms with E-state index in [1.54, 1.807) is 42.5 Å². The molecule has 0 radical (unpaired) electrons. The number of ether oxygens (including phenoxy) is 2. The van der Waals surface area contributed by atoms with E-state index in [2.05, 4.69) is 0 Å². The fourth-order valence-electron chi connectivity index (χ4n) is 2.03. The summed E-state index contributed by atoms with van der Waals surface area (Å²) in [5.74, 6) is 0.930. The molecule has 0 spiro atoms.